The third-order valence-electron chi connectivity index (χ3n) is 1.64. The molecule has 0 saturated heterocycles. The van der Waals surface area contributed by atoms with Crippen LogP contribution in [0.4, 0.5) is 0 Å². The summed E-state index contributed by atoms with van der Waals surface area (Å²) < 4.78 is 0. The van der Waals surface area contributed by atoms with Crippen molar-refractivity contribution in [3.8, 4) is 0 Å². The molecule has 4 N–H and O–H groups in total. The van der Waals surface area contributed by atoms with Gasteiger partial charge in [0.2, 0.25) is 0 Å². The molecular weight excluding hydrogens is 192 g/mol. The fraction of sp³-hybridized carbons (Fsp3) is 0.400. The number of hydrogen-bond acceptors (Lipinski definition) is 4. The molecule has 0 radical (unpaired) electrons. The Bertz CT molecular complexity index is 349. The molecule has 0 aromatic carbocycles. The maximum absolute atomic E-state index is 5.69. The summed E-state index contributed by atoms with van der Waals surface area (Å²) in [6.07, 6.45) is 0.00115. The highest BCUT2D eigenvalue weighted by Crippen LogP contribution is 1.99. The van der Waals surface area contributed by atoms with Gasteiger partial charge in [0.25, 0.3) is 0 Å². The maximum Gasteiger partial charge on any atom is 0.188 e. The van der Waals surface area contributed by atoms with Crippen molar-refractivity contribution in [2.24, 2.45) is 16.6 Å². The highest BCUT2D eigenvalue weighted by Gasteiger charge is 2.02. The second kappa shape index (κ2) is 5.31. The molecule has 15 heavy (non-hydrogen) atoms. The number of amidine groups is 1. The van der Waals surface area contributed by atoms with E-state index in [1.807, 2.05) is 26.0 Å². The predicted molar refractivity (Wildman–Crippen MR) is 59.1 cm³/mol. The van der Waals surface area contributed by atoms with E-state index in [1.165, 1.54) is 0 Å². The average Bonchev–Trinajstić information content (AvgIpc) is 2.26. The molecule has 0 aliphatic carbocycles. The molecule has 0 bridgehead atoms. The number of pyridine rings is 1. The van der Waals surface area contributed by atoms with Gasteiger partial charge in [-0.1, -0.05) is 11.2 Å². The minimum Gasteiger partial charge on any atom is -0.391 e. The molecule has 0 unspecified atom stereocenters. The van der Waals surface area contributed by atoms with E-state index >= 15 is 0 Å². The molecule has 1 rings (SSSR count). The minimum atomic E-state index is 0.00115. The molecule has 1 heterocycles. The summed E-state index contributed by atoms with van der Waals surface area (Å²) in [5.41, 5.74) is 12.5. The first-order valence-corrected chi connectivity index (χ1v) is 4.79. The van der Waals surface area contributed by atoms with E-state index in [0.29, 0.717) is 12.2 Å². The van der Waals surface area contributed by atoms with Crippen LogP contribution in [0.3, 0.4) is 0 Å². The van der Waals surface area contributed by atoms with Gasteiger partial charge in [0.15, 0.2) is 5.84 Å². The zero-order valence-electron chi connectivity index (χ0n) is 8.97. The van der Waals surface area contributed by atoms with E-state index in [2.05, 4.69) is 10.1 Å². The Morgan fingerprint density at radius 3 is 2.87 bits per heavy atom. The second-order valence-corrected chi connectivity index (χ2v) is 3.35. The molecule has 0 aliphatic heterocycles. The zero-order chi connectivity index (χ0) is 11.3. The number of hydrogen-bond donors (Lipinski definition) is 2. The first kappa shape index (κ1) is 11.5. The monoisotopic (exact) mass is 208 g/mol. The van der Waals surface area contributed by atoms with Gasteiger partial charge in [0.1, 0.15) is 11.8 Å². The van der Waals surface area contributed by atoms with Crippen molar-refractivity contribution in [3.05, 3.63) is 29.6 Å². The highest BCUT2D eigenvalue weighted by molar-refractivity contribution is 5.95. The summed E-state index contributed by atoms with van der Waals surface area (Å²) in [5.74, 6) is 0.263. The van der Waals surface area contributed by atoms with E-state index in [9.17, 15) is 0 Å². The third-order valence-corrected chi connectivity index (χ3v) is 1.64. The molecule has 82 valence electrons. The lowest BCUT2D eigenvalue weighted by Gasteiger charge is -2.04. The van der Waals surface area contributed by atoms with Crippen molar-refractivity contribution in [1.82, 2.24) is 4.98 Å². The number of oxime groups is 1. The lowest BCUT2D eigenvalue weighted by Crippen LogP contribution is -2.17. The van der Waals surface area contributed by atoms with Crippen LogP contribution in [0.1, 0.15) is 25.2 Å². The fourth-order valence-corrected chi connectivity index (χ4v) is 0.945. The summed E-state index contributed by atoms with van der Waals surface area (Å²) in [5, 5.41) is 3.76. The Balaban J connectivity index is 2.81. The molecule has 5 nitrogen and oxygen atoms in total. The average molecular weight is 208 g/mol. The fourth-order valence-electron chi connectivity index (χ4n) is 0.945. The van der Waals surface area contributed by atoms with Gasteiger partial charge in [-0.2, -0.15) is 0 Å². The van der Waals surface area contributed by atoms with Crippen molar-refractivity contribution in [1.29, 1.82) is 0 Å². The van der Waals surface area contributed by atoms with Gasteiger partial charge in [-0.25, -0.2) is 4.98 Å². The van der Waals surface area contributed by atoms with Crippen LogP contribution in [0.5, 0.6) is 0 Å². The largest absolute Gasteiger partial charge is 0.391 e. The Kier molecular flexibility index (Phi) is 4.05. The van der Waals surface area contributed by atoms with Crippen molar-refractivity contribution < 1.29 is 4.84 Å². The molecule has 0 spiro atoms. The molecule has 0 amide bonds. The van der Waals surface area contributed by atoms with Crippen LogP contribution in [-0.2, 0) is 11.4 Å². The van der Waals surface area contributed by atoms with E-state index < -0.39 is 0 Å². The Morgan fingerprint density at radius 2 is 2.27 bits per heavy atom. The van der Waals surface area contributed by atoms with Gasteiger partial charge in [0.05, 0.1) is 5.69 Å². The summed E-state index contributed by atoms with van der Waals surface area (Å²) in [6, 6.07) is 5.43. The summed E-state index contributed by atoms with van der Waals surface area (Å²) in [4.78, 5) is 9.23. The summed E-state index contributed by atoms with van der Waals surface area (Å²) in [7, 11) is 0. The molecule has 1 aromatic heterocycles. The first-order valence-electron chi connectivity index (χ1n) is 4.79. The van der Waals surface area contributed by atoms with Crippen LogP contribution in [0.2, 0.25) is 0 Å². The van der Waals surface area contributed by atoms with Gasteiger partial charge in [-0.3, -0.25) is 0 Å². The quantitative estimate of drug-likeness (QED) is 0.430. The zero-order valence-corrected chi connectivity index (χ0v) is 8.97. The Labute approximate surface area is 89.1 Å². The molecule has 1 aromatic rings. The van der Waals surface area contributed by atoms with E-state index in [1.54, 1.807) is 6.07 Å². The SMILES string of the molecule is CC(C)O/N=C(\N)c1cccc(CN)n1. The third kappa shape index (κ3) is 3.55. The second-order valence-electron chi connectivity index (χ2n) is 3.35. The van der Waals surface area contributed by atoms with Crippen molar-refractivity contribution >= 4 is 5.84 Å². The Morgan fingerprint density at radius 1 is 1.53 bits per heavy atom. The van der Waals surface area contributed by atoms with Gasteiger partial charge < -0.3 is 16.3 Å². The van der Waals surface area contributed by atoms with Crippen LogP contribution < -0.4 is 11.5 Å². The molecule has 0 aliphatic rings. The van der Waals surface area contributed by atoms with E-state index in [-0.39, 0.29) is 11.9 Å². The highest BCUT2D eigenvalue weighted by atomic mass is 16.6. The molecule has 5 heteroatoms. The van der Waals surface area contributed by atoms with Crippen LogP contribution in [0.25, 0.3) is 0 Å². The van der Waals surface area contributed by atoms with Gasteiger partial charge >= 0.3 is 0 Å². The van der Waals surface area contributed by atoms with Crippen LogP contribution >= 0.6 is 0 Å². The van der Waals surface area contributed by atoms with Gasteiger partial charge in [-0.05, 0) is 26.0 Å². The van der Waals surface area contributed by atoms with Crippen molar-refractivity contribution in [2.45, 2.75) is 26.5 Å². The number of rotatable bonds is 4. The molecule has 0 saturated carbocycles. The predicted octanol–water partition coefficient (Wildman–Crippen LogP) is 0.586. The van der Waals surface area contributed by atoms with Crippen molar-refractivity contribution in [2.75, 3.05) is 0 Å². The lowest BCUT2D eigenvalue weighted by molar-refractivity contribution is 0.0858. The van der Waals surface area contributed by atoms with Crippen molar-refractivity contribution in [3.63, 3.8) is 0 Å². The van der Waals surface area contributed by atoms with E-state index in [4.69, 9.17) is 16.3 Å². The Hall–Kier alpha value is -1.62. The van der Waals surface area contributed by atoms with Crippen LogP contribution in [-0.4, -0.2) is 16.9 Å². The summed E-state index contributed by atoms with van der Waals surface area (Å²) in [6.45, 7) is 4.13. The van der Waals surface area contributed by atoms with Crippen LogP contribution in [0.15, 0.2) is 23.4 Å². The molecular formula is C10H16N4O. The molecule has 0 fully saturated rings. The van der Waals surface area contributed by atoms with Gasteiger partial charge in [0, 0.05) is 6.54 Å². The number of nitrogens with zero attached hydrogens (tertiary/aromatic N) is 2. The van der Waals surface area contributed by atoms with E-state index in [0.717, 1.165) is 5.69 Å². The topological polar surface area (TPSA) is 86.5 Å². The number of nitrogens with two attached hydrogens (primary N) is 2. The smallest absolute Gasteiger partial charge is 0.188 e. The summed E-state index contributed by atoms with van der Waals surface area (Å²) >= 11 is 0. The maximum atomic E-state index is 5.69. The normalized spacial score (nSPS) is 11.9. The van der Waals surface area contributed by atoms with Gasteiger partial charge in [-0.15, -0.1) is 0 Å². The lowest BCUT2D eigenvalue weighted by atomic mass is 10.3. The number of aromatic nitrogens is 1. The molecule has 0 atom stereocenters. The van der Waals surface area contributed by atoms with Crippen LogP contribution in [0, 0.1) is 0 Å². The standard InChI is InChI=1S/C10H16N4O/c1-7(2)15-14-10(12)9-5-3-4-8(6-11)13-9/h3-5,7H,6,11H2,1-2H3,(H2,12,14). The first-order chi connectivity index (χ1) is 7.13. The minimum absolute atomic E-state index is 0.00115.